The number of carbonyl (C=O) groups is 1. The lowest BCUT2D eigenvalue weighted by atomic mass is 10.00. The molecular formula is C11H12F2O5. The molecule has 0 heterocycles. The summed E-state index contributed by atoms with van der Waals surface area (Å²) in [5.41, 5.74) is -1.42. The Morgan fingerprint density at radius 2 is 1.72 bits per heavy atom. The van der Waals surface area contributed by atoms with Crippen LogP contribution < -0.4 is 0 Å². The molecule has 5 nitrogen and oxygen atoms in total. The molecule has 1 aromatic carbocycles. The van der Waals surface area contributed by atoms with Gasteiger partial charge >= 0.3 is 5.97 Å². The fraction of sp³-hybridized carbons (Fsp3) is 0.364. The van der Waals surface area contributed by atoms with Crippen molar-refractivity contribution in [1.82, 2.24) is 0 Å². The normalized spacial score (nSPS) is 14.3. The highest BCUT2D eigenvalue weighted by Gasteiger charge is 2.23. The first-order valence-electron chi connectivity index (χ1n) is 5.07. The third-order valence-corrected chi connectivity index (χ3v) is 2.41. The third kappa shape index (κ3) is 3.00. The fourth-order valence-corrected chi connectivity index (χ4v) is 1.48. The topological polar surface area (TPSA) is 98.0 Å². The van der Waals surface area contributed by atoms with E-state index in [9.17, 15) is 23.8 Å². The molecule has 7 heteroatoms. The molecule has 0 aromatic heterocycles. The Morgan fingerprint density at radius 1 is 1.22 bits per heavy atom. The Morgan fingerprint density at radius 3 is 2.11 bits per heavy atom. The molecule has 4 N–H and O–H groups in total. The standard InChI is InChI=1S/C11H12F2O5/c12-6-3-5(10(16)8(15)1-2-14)4-7(13)9(6)11(17)18/h3-4,8,10,14-16H,1-2H2,(H,17,18). The predicted molar refractivity (Wildman–Crippen MR) is 56.0 cm³/mol. The van der Waals surface area contributed by atoms with Gasteiger partial charge in [-0.15, -0.1) is 0 Å². The van der Waals surface area contributed by atoms with Gasteiger partial charge < -0.3 is 20.4 Å². The Hall–Kier alpha value is -1.57. The zero-order valence-corrected chi connectivity index (χ0v) is 9.18. The number of aliphatic hydroxyl groups excluding tert-OH is 3. The van der Waals surface area contributed by atoms with Crippen LogP contribution in [0.2, 0.25) is 0 Å². The first-order chi connectivity index (χ1) is 8.38. The van der Waals surface area contributed by atoms with E-state index in [1.165, 1.54) is 0 Å². The monoisotopic (exact) mass is 262 g/mol. The van der Waals surface area contributed by atoms with Gasteiger partial charge in [-0.2, -0.15) is 0 Å². The van der Waals surface area contributed by atoms with Gasteiger partial charge in [0.15, 0.2) is 0 Å². The van der Waals surface area contributed by atoms with Crippen LogP contribution in [0.1, 0.15) is 28.4 Å². The second-order valence-corrected chi connectivity index (χ2v) is 3.69. The van der Waals surface area contributed by atoms with E-state index >= 15 is 0 Å². The predicted octanol–water partition coefficient (Wildman–Crippen LogP) is 0.440. The molecule has 2 atom stereocenters. The molecule has 0 bridgehead atoms. The summed E-state index contributed by atoms with van der Waals surface area (Å²) in [6, 6.07) is 1.27. The van der Waals surface area contributed by atoms with Crippen LogP contribution in [0.3, 0.4) is 0 Å². The van der Waals surface area contributed by atoms with Crippen molar-refractivity contribution in [3.05, 3.63) is 34.9 Å². The van der Waals surface area contributed by atoms with Crippen molar-refractivity contribution < 1.29 is 34.0 Å². The molecule has 0 aliphatic rings. The average Bonchev–Trinajstić information content (AvgIpc) is 2.26. The quantitative estimate of drug-likeness (QED) is 0.617. The lowest BCUT2D eigenvalue weighted by Gasteiger charge is -2.17. The van der Waals surface area contributed by atoms with Gasteiger partial charge in [-0.25, -0.2) is 13.6 Å². The molecule has 1 aromatic rings. The molecular weight excluding hydrogens is 250 g/mol. The van der Waals surface area contributed by atoms with E-state index in [4.69, 9.17) is 10.2 Å². The lowest BCUT2D eigenvalue weighted by molar-refractivity contribution is 0.00391. The molecule has 100 valence electrons. The minimum Gasteiger partial charge on any atom is -0.477 e. The summed E-state index contributed by atoms with van der Waals surface area (Å²) in [5, 5.41) is 36.0. The van der Waals surface area contributed by atoms with Gasteiger partial charge in [-0.1, -0.05) is 0 Å². The number of aromatic carboxylic acids is 1. The van der Waals surface area contributed by atoms with E-state index < -0.39 is 42.0 Å². The molecule has 0 aliphatic carbocycles. The molecule has 0 fully saturated rings. The molecule has 0 radical (unpaired) electrons. The minimum absolute atomic E-state index is 0.176. The Labute approximate surface area is 101 Å². The molecule has 0 saturated carbocycles. The van der Waals surface area contributed by atoms with Crippen LogP contribution in [0.25, 0.3) is 0 Å². The summed E-state index contributed by atoms with van der Waals surface area (Å²) in [4.78, 5) is 10.5. The third-order valence-electron chi connectivity index (χ3n) is 2.41. The maximum atomic E-state index is 13.3. The second kappa shape index (κ2) is 5.85. The van der Waals surface area contributed by atoms with Crippen LogP contribution in [0.5, 0.6) is 0 Å². The second-order valence-electron chi connectivity index (χ2n) is 3.69. The summed E-state index contributed by atoms with van der Waals surface area (Å²) in [7, 11) is 0. The zero-order valence-electron chi connectivity index (χ0n) is 9.18. The van der Waals surface area contributed by atoms with Gasteiger partial charge in [0, 0.05) is 6.61 Å². The maximum absolute atomic E-state index is 13.3. The van der Waals surface area contributed by atoms with Crippen molar-refractivity contribution in [3.8, 4) is 0 Å². The number of aliphatic hydroxyl groups is 3. The Balaban J connectivity index is 3.10. The summed E-state index contributed by atoms with van der Waals surface area (Å²) in [5.74, 6) is -4.44. The highest BCUT2D eigenvalue weighted by molar-refractivity contribution is 5.88. The van der Waals surface area contributed by atoms with Crippen LogP contribution >= 0.6 is 0 Å². The molecule has 0 saturated heterocycles. The maximum Gasteiger partial charge on any atom is 0.341 e. The first-order valence-corrected chi connectivity index (χ1v) is 5.07. The van der Waals surface area contributed by atoms with Gasteiger partial charge in [-0.05, 0) is 24.1 Å². The number of rotatable bonds is 5. The van der Waals surface area contributed by atoms with Crippen molar-refractivity contribution in [2.24, 2.45) is 0 Å². The summed E-state index contributed by atoms with van der Waals surface area (Å²) in [6.07, 6.45) is -3.18. The minimum atomic E-state index is -1.76. The summed E-state index contributed by atoms with van der Waals surface area (Å²) < 4.78 is 26.6. The smallest absolute Gasteiger partial charge is 0.341 e. The van der Waals surface area contributed by atoms with Gasteiger partial charge in [-0.3, -0.25) is 0 Å². The van der Waals surface area contributed by atoms with Gasteiger partial charge in [0.25, 0.3) is 0 Å². The Kier molecular flexibility index (Phi) is 4.71. The van der Waals surface area contributed by atoms with Gasteiger partial charge in [0.1, 0.15) is 23.3 Å². The van der Waals surface area contributed by atoms with E-state index in [1.54, 1.807) is 0 Å². The molecule has 1 rings (SSSR count). The zero-order chi connectivity index (χ0) is 13.9. The number of hydrogen-bond acceptors (Lipinski definition) is 4. The molecule has 0 amide bonds. The van der Waals surface area contributed by atoms with E-state index in [2.05, 4.69) is 0 Å². The SMILES string of the molecule is O=C(O)c1c(F)cc(C(O)C(O)CCO)cc1F. The number of benzene rings is 1. The average molecular weight is 262 g/mol. The van der Waals surface area contributed by atoms with Gasteiger partial charge in [0.2, 0.25) is 0 Å². The van der Waals surface area contributed by atoms with E-state index in [1.807, 2.05) is 0 Å². The number of halogens is 2. The van der Waals surface area contributed by atoms with Crippen LogP contribution in [0.15, 0.2) is 12.1 Å². The number of carboxylic acid groups (broad SMARTS) is 1. The first kappa shape index (κ1) is 14.5. The molecule has 18 heavy (non-hydrogen) atoms. The number of carboxylic acids is 1. The van der Waals surface area contributed by atoms with Crippen molar-refractivity contribution in [2.45, 2.75) is 18.6 Å². The van der Waals surface area contributed by atoms with Gasteiger partial charge in [0.05, 0.1) is 6.10 Å². The van der Waals surface area contributed by atoms with E-state index in [0.29, 0.717) is 12.1 Å². The fourth-order valence-electron chi connectivity index (χ4n) is 1.48. The Bertz CT molecular complexity index is 426. The van der Waals surface area contributed by atoms with E-state index in [0.717, 1.165) is 0 Å². The van der Waals surface area contributed by atoms with E-state index in [-0.39, 0.29) is 12.0 Å². The van der Waals surface area contributed by atoms with Crippen molar-refractivity contribution in [1.29, 1.82) is 0 Å². The molecule has 0 aliphatic heterocycles. The highest BCUT2D eigenvalue weighted by Crippen LogP contribution is 2.23. The summed E-state index contributed by atoms with van der Waals surface area (Å²) >= 11 is 0. The lowest BCUT2D eigenvalue weighted by Crippen LogP contribution is -2.20. The van der Waals surface area contributed by atoms with Crippen molar-refractivity contribution >= 4 is 5.97 Å². The van der Waals surface area contributed by atoms with Crippen molar-refractivity contribution in [2.75, 3.05) is 6.61 Å². The van der Waals surface area contributed by atoms with Crippen LogP contribution in [0.4, 0.5) is 8.78 Å². The molecule has 2 unspecified atom stereocenters. The van der Waals surface area contributed by atoms with Crippen LogP contribution in [-0.2, 0) is 0 Å². The number of hydrogen-bond donors (Lipinski definition) is 4. The van der Waals surface area contributed by atoms with Crippen LogP contribution in [0, 0.1) is 11.6 Å². The summed E-state index contributed by atoms with van der Waals surface area (Å²) in [6.45, 7) is -0.406. The molecule has 0 spiro atoms. The highest BCUT2D eigenvalue weighted by atomic mass is 19.1. The van der Waals surface area contributed by atoms with Crippen LogP contribution in [-0.4, -0.2) is 39.1 Å². The largest absolute Gasteiger partial charge is 0.477 e. The van der Waals surface area contributed by atoms with Crippen molar-refractivity contribution in [3.63, 3.8) is 0 Å².